The minimum absolute atomic E-state index is 0.250. The van der Waals surface area contributed by atoms with E-state index in [1.807, 2.05) is 33.1 Å². The molecule has 2 rings (SSSR count). The summed E-state index contributed by atoms with van der Waals surface area (Å²) in [4.78, 5) is 23.9. The summed E-state index contributed by atoms with van der Waals surface area (Å²) in [5.41, 5.74) is 1.92. The fourth-order valence-corrected chi connectivity index (χ4v) is 2.17. The van der Waals surface area contributed by atoms with Crippen molar-refractivity contribution in [2.75, 3.05) is 38.4 Å². The maximum absolute atomic E-state index is 13.8. The van der Waals surface area contributed by atoms with E-state index in [2.05, 4.69) is 20.6 Å². The largest absolute Gasteiger partial charge is 0.347 e. The number of aromatic nitrogens is 2. The van der Waals surface area contributed by atoms with Gasteiger partial charge in [0.15, 0.2) is 0 Å². The molecule has 2 N–H and O–H groups in total. The van der Waals surface area contributed by atoms with Crippen molar-refractivity contribution in [2.45, 2.75) is 13.1 Å². The predicted molar refractivity (Wildman–Crippen MR) is 96.0 cm³/mol. The van der Waals surface area contributed by atoms with E-state index in [1.165, 1.54) is 18.5 Å². The van der Waals surface area contributed by atoms with Crippen molar-refractivity contribution in [1.82, 2.24) is 20.2 Å². The van der Waals surface area contributed by atoms with Gasteiger partial charge in [-0.15, -0.1) is 0 Å². The van der Waals surface area contributed by atoms with E-state index in [9.17, 15) is 9.18 Å². The molecule has 0 atom stereocenters. The Labute approximate surface area is 146 Å². The highest BCUT2D eigenvalue weighted by Crippen LogP contribution is 2.12. The third kappa shape index (κ3) is 5.68. The molecule has 0 fully saturated rings. The average Bonchev–Trinajstić information content (AvgIpc) is 2.55. The van der Waals surface area contributed by atoms with Crippen LogP contribution in [0.15, 0.2) is 30.6 Å². The van der Waals surface area contributed by atoms with Crippen LogP contribution in [-0.2, 0) is 13.1 Å². The zero-order valence-corrected chi connectivity index (χ0v) is 14.9. The number of amides is 2. The summed E-state index contributed by atoms with van der Waals surface area (Å²) in [6.45, 7) is 0.796. The highest BCUT2D eigenvalue weighted by molar-refractivity contribution is 5.88. The van der Waals surface area contributed by atoms with Crippen molar-refractivity contribution in [1.29, 1.82) is 0 Å². The summed E-state index contributed by atoms with van der Waals surface area (Å²) in [5, 5.41) is 5.39. The Morgan fingerprint density at radius 2 is 1.84 bits per heavy atom. The number of hydrogen-bond acceptors (Lipinski definition) is 5. The summed E-state index contributed by atoms with van der Waals surface area (Å²) in [7, 11) is 7.42. The molecule has 7 nitrogen and oxygen atoms in total. The summed E-state index contributed by atoms with van der Waals surface area (Å²) in [6.07, 6.45) is 3.07. The zero-order chi connectivity index (χ0) is 18.4. The smallest absolute Gasteiger partial charge is 0.319 e. The van der Waals surface area contributed by atoms with Crippen LogP contribution in [0.4, 0.5) is 20.8 Å². The second-order valence-electron chi connectivity index (χ2n) is 6.14. The molecule has 0 spiro atoms. The van der Waals surface area contributed by atoms with Gasteiger partial charge in [0.1, 0.15) is 5.82 Å². The SMILES string of the molecule is CN(C)Cc1cc(CNC(=O)Nc2cnc(N(C)C)nc2)ccc1F. The molecule has 0 aliphatic carbocycles. The zero-order valence-electron chi connectivity index (χ0n) is 14.9. The van der Waals surface area contributed by atoms with Crippen LogP contribution in [0, 0.1) is 5.82 Å². The molecule has 134 valence electrons. The molecule has 0 saturated heterocycles. The Morgan fingerprint density at radius 1 is 1.16 bits per heavy atom. The van der Waals surface area contributed by atoms with Crippen LogP contribution in [0.3, 0.4) is 0 Å². The van der Waals surface area contributed by atoms with Crippen LogP contribution in [0.5, 0.6) is 0 Å². The Bertz CT molecular complexity index is 718. The molecule has 2 aromatic rings. The van der Waals surface area contributed by atoms with Crippen molar-refractivity contribution < 1.29 is 9.18 Å². The molecule has 8 heteroatoms. The standard InChI is InChI=1S/C17H23FN6O/c1-23(2)11-13-7-12(5-6-15(13)18)8-21-17(25)22-14-9-19-16(20-10-14)24(3)4/h5-7,9-10H,8,11H2,1-4H3,(H2,21,22,25). The first kappa shape index (κ1) is 18.6. The van der Waals surface area contributed by atoms with Crippen molar-refractivity contribution >= 4 is 17.7 Å². The van der Waals surface area contributed by atoms with E-state index >= 15 is 0 Å². The lowest BCUT2D eigenvalue weighted by atomic mass is 10.1. The van der Waals surface area contributed by atoms with Crippen LogP contribution < -0.4 is 15.5 Å². The minimum atomic E-state index is -0.375. The first-order valence-electron chi connectivity index (χ1n) is 7.81. The first-order chi connectivity index (χ1) is 11.8. The third-order valence-corrected chi connectivity index (χ3v) is 3.35. The monoisotopic (exact) mass is 346 g/mol. The molecule has 0 aliphatic heterocycles. The number of carbonyl (C=O) groups is 1. The van der Waals surface area contributed by atoms with Crippen LogP contribution in [0.1, 0.15) is 11.1 Å². The molecule has 1 heterocycles. The molecule has 2 amide bonds. The molecule has 25 heavy (non-hydrogen) atoms. The van der Waals surface area contributed by atoms with E-state index in [4.69, 9.17) is 0 Å². The Morgan fingerprint density at radius 3 is 2.44 bits per heavy atom. The highest BCUT2D eigenvalue weighted by atomic mass is 19.1. The molecule has 1 aromatic heterocycles. The second-order valence-corrected chi connectivity index (χ2v) is 6.14. The molecular weight excluding hydrogens is 323 g/mol. The normalized spacial score (nSPS) is 10.6. The number of benzene rings is 1. The summed E-state index contributed by atoms with van der Waals surface area (Å²) in [6, 6.07) is 4.45. The lowest BCUT2D eigenvalue weighted by molar-refractivity contribution is 0.251. The predicted octanol–water partition coefficient (Wildman–Crippen LogP) is 2.06. The number of anilines is 2. The number of urea groups is 1. The van der Waals surface area contributed by atoms with Gasteiger partial charge >= 0.3 is 6.03 Å². The highest BCUT2D eigenvalue weighted by Gasteiger charge is 2.07. The molecule has 0 aliphatic rings. The number of nitrogens with one attached hydrogen (secondary N) is 2. The minimum Gasteiger partial charge on any atom is -0.347 e. The van der Waals surface area contributed by atoms with E-state index in [-0.39, 0.29) is 11.8 Å². The van der Waals surface area contributed by atoms with Gasteiger partial charge in [0, 0.05) is 32.7 Å². The number of halogens is 1. The Kier molecular flexibility index (Phi) is 6.24. The molecule has 0 saturated carbocycles. The molecular formula is C17H23FN6O. The van der Waals surface area contributed by atoms with Gasteiger partial charge in [0.05, 0.1) is 18.1 Å². The van der Waals surface area contributed by atoms with Gasteiger partial charge in [-0.05, 0) is 31.8 Å². The Balaban J connectivity index is 1.91. The molecule has 1 aromatic carbocycles. The quantitative estimate of drug-likeness (QED) is 0.838. The van der Waals surface area contributed by atoms with Gasteiger partial charge in [-0.1, -0.05) is 6.07 Å². The van der Waals surface area contributed by atoms with Crippen LogP contribution in [0.2, 0.25) is 0 Å². The molecule has 0 bridgehead atoms. The number of carbonyl (C=O) groups excluding carboxylic acids is 1. The van der Waals surface area contributed by atoms with E-state index < -0.39 is 0 Å². The van der Waals surface area contributed by atoms with Crippen molar-refractivity contribution in [2.24, 2.45) is 0 Å². The summed E-state index contributed by atoms with van der Waals surface area (Å²) in [5.74, 6) is 0.311. The topological polar surface area (TPSA) is 73.4 Å². The lowest BCUT2D eigenvalue weighted by Crippen LogP contribution is -2.28. The average molecular weight is 346 g/mol. The van der Waals surface area contributed by atoms with Gasteiger partial charge < -0.3 is 20.4 Å². The maximum Gasteiger partial charge on any atom is 0.319 e. The summed E-state index contributed by atoms with van der Waals surface area (Å²) >= 11 is 0. The van der Waals surface area contributed by atoms with Gasteiger partial charge in [0.2, 0.25) is 5.95 Å². The van der Waals surface area contributed by atoms with E-state index in [0.717, 1.165) is 5.56 Å². The van der Waals surface area contributed by atoms with Gasteiger partial charge in [-0.3, -0.25) is 0 Å². The number of rotatable bonds is 6. The number of nitrogens with zero attached hydrogens (tertiary/aromatic N) is 4. The number of hydrogen-bond donors (Lipinski definition) is 2. The fraction of sp³-hybridized carbons (Fsp3) is 0.353. The van der Waals surface area contributed by atoms with Crippen molar-refractivity contribution in [3.05, 3.63) is 47.5 Å². The molecule has 0 unspecified atom stereocenters. The Hall–Kier alpha value is -2.74. The van der Waals surface area contributed by atoms with Crippen LogP contribution >= 0.6 is 0 Å². The second kappa shape index (κ2) is 8.39. The van der Waals surface area contributed by atoms with Crippen LogP contribution in [0.25, 0.3) is 0 Å². The van der Waals surface area contributed by atoms with E-state index in [1.54, 1.807) is 17.0 Å². The lowest BCUT2D eigenvalue weighted by Gasteiger charge is -2.13. The van der Waals surface area contributed by atoms with E-state index in [0.29, 0.717) is 30.3 Å². The summed E-state index contributed by atoms with van der Waals surface area (Å²) < 4.78 is 13.8. The van der Waals surface area contributed by atoms with Gasteiger partial charge in [-0.25, -0.2) is 19.2 Å². The van der Waals surface area contributed by atoms with Gasteiger partial charge in [-0.2, -0.15) is 0 Å². The fourth-order valence-electron chi connectivity index (χ4n) is 2.17. The van der Waals surface area contributed by atoms with Crippen molar-refractivity contribution in [3.63, 3.8) is 0 Å². The van der Waals surface area contributed by atoms with Crippen LogP contribution in [-0.4, -0.2) is 49.1 Å². The third-order valence-electron chi connectivity index (χ3n) is 3.35. The van der Waals surface area contributed by atoms with Gasteiger partial charge in [0.25, 0.3) is 0 Å². The van der Waals surface area contributed by atoms with Crippen molar-refractivity contribution in [3.8, 4) is 0 Å². The maximum atomic E-state index is 13.8. The molecule has 0 radical (unpaired) electrons. The first-order valence-corrected chi connectivity index (χ1v) is 7.81.